The van der Waals surface area contributed by atoms with Gasteiger partial charge in [0.05, 0.1) is 6.10 Å². The normalized spacial score (nSPS) is 20.4. The average Bonchev–Trinajstić information content (AvgIpc) is 3.08. The van der Waals surface area contributed by atoms with Crippen molar-refractivity contribution in [2.24, 2.45) is 0 Å². The summed E-state index contributed by atoms with van der Waals surface area (Å²) in [6.45, 7) is 7.00. The number of ether oxygens (including phenoxy) is 2. The zero-order chi connectivity index (χ0) is 16.1. The van der Waals surface area contributed by atoms with E-state index in [0.717, 1.165) is 37.6 Å². The van der Waals surface area contributed by atoms with Crippen molar-refractivity contribution >= 4 is 0 Å². The number of hydrogen-bond acceptors (Lipinski definition) is 5. The monoisotopic (exact) mass is 320 g/mol. The van der Waals surface area contributed by atoms with E-state index in [1.54, 1.807) is 0 Å². The number of β-amino-alcohol motifs (C(OH)–C–C–N with tert-alkyl or cyclic N) is 1. The molecule has 0 aromatic heterocycles. The Morgan fingerprint density at radius 3 is 2.65 bits per heavy atom. The van der Waals surface area contributed by atoms with Gasteiger partial charge in [0.1, 0.15) is 13.2 Å². The highest BCUT2D eigenvalue weighted by Crippen LogP contribution is 2.33. The number of hydrogen-bond donors (Lipinski definition) is 2. The summed E-state index contributed by atoms with van der Waals surface area (Å²) < 4.78 is 11.2. The summed E-state index contributed by atoms with van der Waals surface area (Å²) in [6, 6.07) is 6.35. The summed E-state index contributed by atoms with van der Waals surface area (Å²) in [5.74, 6) is 1.65. The lowest BCUT2D eigenvalue weighted by atomic mass is 10.0. The Hall–Kier alpha value is -1.30. The second-order valence-electron chi connectivity index (χ2n) is 6.43. The summed E-state index contributed by atoms with van der Waals surface area (Å²) in [5.41, 5.74) is 1.19. The fourth-order valence-electron chi connectivity index (χ4n) is 3.38. The van der Waals surface area contributed by atoms with Crippen LogP contribution in [0, 0.1) is 0 Å². The van der Waals surface area contributed by atoms with Crippen LogP contribution >= 0.6 is 0 Å². The quantitative estimate of drug-likeness (QED) is 0.804. The largest absolute Gasteiger partial charge is 0.486 e. The van der Waals surface area contributed by atoms with E-state index in [1.165, 1.54) is 18.4 Å². The van der Waals surface area contributed by atoms with E-state index in [2.05, 4.69) is 29.3 Å². The molecule has 3 rings (SSSR count). The van der Waals surface area contributed by atoms with Crippen molar-refractivity contribution in [2.75, 3.05) is 39.4 Å². The van der Waals surface area contributed by atoms with Crippen molar-refractivity contribution in [3.63, 3.8) is 0 Å². The van der Waals surface area contributed by atoms with Gasteiger partial charge in [-0.1, -0.05) is 13.0 Å². The number of rotatable bonds is 7. The molecular weight excluding hydrogens is 292 g/mol. The summed E-state index contributed by atoms with van der Waals surface area (Å²) in [7, 11) is 0. The molecule has 2 aliphatic rings. The number of aliphatic hydroxyl groups is 1. The Morgan fingerprint density at radius 2 is 1.91 bits per heavy atom. The van der Waals surface area contributed by atoms with Crippen LogP contribution in [-0.2, 0) is 0 Å². The third-order valence-corrected chi connectivity index (χ3v) is 4.64. The van der Waals surface area contributed by atoms with Crippen molar-refractivity contribution in [1.29, 1.82) is 0 Å². The van der Waals surface area contributed by atoms with Gasteiger partial charge in [0.15, 0.2) is 11.5 Å². The fraction of sp³-hybridized carbons (Fsp3) is 0.667. The predicted molar refractivity (Wildman–Crippen MR) is 90.1 cm³/mol. The molecule has 1 aromatic carbocycles. The number of benzene rings is 1. The molecule has 2 unspecified atom stereocenters. The van der Waals surface area contributed by atoms with Crippen LogP contribution in [0.15, 0.2) is 18.2 Å². The Balaban J connectivity index is 1.54. The third kappa shape index (κ3) is 4.37. The maximum Gasteiger partial charge on any atom is 0.161 e. The molecular formula is C18H28N2O3. The van der Waals surface area contributed by atoms with E-state index in [-0.39, 0.29) is 12.1 Å². The van der Waals surface area contributed by atoms with Crippen molar-refractivity contribution in [1.82, 2.24) is 10.2 Å². The molecule has 1 fully saturated rings. The van der Waals surface area contributed by atoms with Gasteiger partial charge >= 0.3 is 0 Å². The highest BCUT2D eigenvalue weighted by molar-refractivity contribution is 5.44. The van der Waals surface area contributed by atoms with Gasteiger partial charge in [0.2, 0.25) is 0 Å². The third-order valence-electron chi connectivity index (χ3n) is 4.64. The van der Waals surface area contributed by atoms with Crippen LogP contribution < -0.4 is 14.8 Å². The molecule has 0 bridgehead atoms. The van der Waals surface area contributed by atoms with Gasteiger partial charge in [-0.2, -0.15) is 0 Å². The van der Waals surface area contributed by atoms with E-state index < -0.39 is 0 Å². The van der Waals surface area contributed by atoms with Crippen LogP contribution in [0.3, 0.4) is 0 Å². The maximum absolute atomic E-state index is 10.2. The van der Waals surface area contributed by atoms with Crippen LogP contribution in [0.25, 0.3) is 0 Å². The smallest absolute Gasteiger partial charge is 0.161 e. The van der Waals surface area contributed by atoms with Crippen LogP contribution in [0.2, 0.25) is 0 Å². The molecule has 5 heteroatoms. The first-order valence-corrected chi connectivity index (χ1v) is 8.79. The standard InChI is InChI=1S/C18H28N2O3/c1-2-16(19-12-15(21)13-20-7-3-4-8-20)14-5-6-17-18(11-14)23-10-9-22-17/h5-6,11,15-16,19,21H,2-4,7-10,12-13H2,1H3. The van der Waals surface area contributed by atoms with E-state index in [1.807, 2.05) is 6.07 Å². The molecule has 0 spiro atoms. The van der Waals surface area contributed by atoms with E-state index in [0.29, 0.717) is 19.8 Å². The van der Waals surface area contributed by atoms with Crippen molar-refractivity contribution < 1.29 is 14.6 Å². The van der Waals surface area contributed by atoms with Crippen LogP contribution in [0.5, 0.6) is 11.5 Å². The van der Waals surface area contributed by atoms with Gasteiger partial charge in [-0.25, -0.2) is 0 Å². The topological polar surface area (TPSA) is 54.0 Å². The van der Waals surface area contributed by atoms with E-state index in [9.17, 15) is 5.11 Å². The van der Waals surface area contributed by atoms with Gasteiger partial charge in [0.25, 0.3) is 0 Å². The molecule has 5 nitrogen and oxygen atoms in total. The molecule has 1 saturated heterocycles. The van der Waals surface area contributed by atoms with Crippen molar-refractivity contribution in [3.8, 4) is 11.5 Å². The molecule has 2 aliphatic heterocycles. The number of aliphatic hydroxyl groups excluding tert-OH is 1. The van der Waals surface area contributed by atoms with Gasteiger partial charge < -0.3 is 24.8 Å². The van der Waals surface area contributed by atoms with Crippen LogP contribution in [-0.4, -0.2) is 55.5 Å². The number of fused-ring (bicyclic) bond motifs is 1. The Bertz CT molecular complexity index is 503. The van der Waals surface area contributed by atoms with Gasteiger partial charge in [0, 0.05) is 19.1 Å². The molecule has 0 aliphatic carbocycles. The summed E-state index contributed by atoms with van der Waals surface area (Å²) in [5, 5.41) is 13.7. The molecule has 2 atom stereocenters. The average molecular weight is 320 g/mol. The highest BCUT2D eigenvalue weighted by atomic mass is 16.6. The Labute approximate surface area is 138 Å². The minimum atomic E-state index is -0.320. The summed E-state index contributed by atoms with van der Waals surface area (Å²) in [6.07, 6.45) is 3.17. The van der Waals surface area contributed by atoms with Gasteiger partial charge in [-0.05, 0) is 50.0 Å². The number of nitrogens with one attached hydrogen (secondary N) is 1. The van der Waals surface area contributed by atoms with Crippen molar-refractivity contribution in [2.45, 2.75) is 38.3 Å². The van der Waals surface area contributed by atoms with Crippen molar-refractivity contribution in [3.05, 3.63) is 23.8 Å². The Kier molecular flexibility index (Phi) is 5.75. The zero-order valence-corrected chi connectivity index (χ0v) is 14.0. The van der Waals surface area contributed by atoms with Gasteiger partial charge in [-0.3, -0.25) is 0 Å². The zero-order valence-electron chi connectivity index (χ0n) is 14.0. The molecule has 2 N–H and O–H groups in total. The summed E-state index contributed by atoms with van der Waals surface area (Å²) in [4.78, 5) is 2.34. The lowest BCUT2D eigenvalue weighted by Crippen LogP contribution is -2.38. The molecule has 0 radical (unpaired) electrons. The van der Waals surface area contributed by atoms with E-state index in [4.69, 9.17) is 9.47 Å². The minimum absolute atomic E-state index is 0.221. The highest BCUT2D eigenvalue weighted by Gasteiger charge is 2.19. The van der Waals surface area contributed by atoms with Gasteiger partial charge in [-0.15, -0.1) is 0 Å². The first-order valence-electron chi connectivity index (χ1n) is 8.79. The fourth-order valence-corrected chi connectivity index (χ4v) is 3.38. The van der Waals surface area contributed by atoms with Crippen LogP contribution in [0.4, 0.5) is 0 Å². The number of likely N-dealkylation sites (tertiary alicyclic amines) is 1. The minimum Gasteiger partial charge on any atom is -0.486 e. The van der Waals surface area contributed by atoms with E-state index >= 15 is 0 Å². The predicted octanol–water partition coefficient (Wildman–Crippen LogP) is 1.96. The molecule has 0 amide bonds. The van der Waals surface area contributed by atoms with Crippen LogP contribution in [0.1, 0.15) is 37.8 Å². The molecule has 0 saturated carbocycles. The second kappa shape index (κ2) is 7.99. The molecule has 23 heavy (non-hydrogen) atoms. The Morgan fingerprint density at radius 1 is 1.17 bits per heavy atom. The summed E-state index contributed by atoms with van der Waals surface area (Å²) >= 11 is 0. The molecule has 128 valence electrons. The molecule has 1 aromatic rings. The SMILES string of the molecule is CCC(NCC(O)CN1CCCC1)c1ccc2c(c1)OCCO2. The number of nitrogens with zero attached hydrogens (tertiary/aromatic N) is 1. The first kappa shape index (κ1) is 16.6. The maximum atomic E-state index is 10.2. The second-order valence-corrected chi connectivity index (χ2v) is 6.43. The lowest BCUT2D eigenvalue weighted by molar-refractivity contribution is 0.120. The molecule has 2 heterocycles. The lowest BCUT2D eigenvalue weighted by Gasteiger charge is -2.24. The first-order chi connectivity index (χ1) is 11.3.